The minimum Gasteiger partial charge on any atom is -0.497 e. The first-order chi connectivity index (χ1) is 11.2. The second-order valence-electron chi connectivity index (χ2n) is 4.80. The molecule has 0 aromatic heterocycles. The van der Waals surface area contributed by atoms with Crippen molar-refractivity contribution in [2.24, 2.45) is 0 Å². The quantitative estimate of drug-likeness (QED) is 0.605. The number of nitrogens with zero attached hydrogens (tertiary/aromatic N) is 1. The highest BCUT2D eigenvalue weighted by molar-refractivity contribution is 5.73. The summed E-state index contributed by atoms with van der Waals surface area (Å²) in [5, 5.41) is 8.86. The lowest BCUT2D eigenvalue weighted by Crippen LogP contribution is -2.10. The van der Waals surface area contributed by atoms with Gasteiger partial charge in [0, 0.05) is 12.5 Å². The Morgan fingerprint density at radius 2 is 1.78 bits per heavy atom. The van der Waals surface area contributed by atoms with Crippen molar-refractivity contribution in [2.75, 3.05) is 14.2 Å². The van der Waals surface area contributed by atoms with Crippen LogP contribution in [0.3, 0.4) is 0 Å². The minimum atomic E-state index is -0.358. The van der Waals surface area contributed by atoms with E-state index in [0.717, 1.165) is 11.3 Å². The SMILES string of the molecule is COc1ccc(CCC(=O)Oc2ccc(C#N)cc2OC)cc1. The molecule has 0 aliphatic heterocycles. The first kappa shape index (κ1) is 16.4. The Bertz CT molecular complexity index is 717. The number of nitriles is 1. The van der Waals surface area contributed by atoms with Gasteiger partial charge in [-0.05, 0) is 36.2 Å². The Hall–Kier alpha value is -3.00. The Balaban J connectivity index is 1.95. The Kier molecular flexibility index (Phi) is 5.59. The van der Waals surface area contributed by atoms with Crippen molar-refractivity contribution in [1.29, 1.82) is 5.26 Å². The summed E-state index contributed by atoms with van der Waals surface area (Å²) < 4.78 is 15.5. The van der Waals surface area contributed by atoms with Gasteiger partial charge < -0.3 is 14.2 Å². The molecule has 0 saturated heterocycles. The molecule has 0 aliphatic carbocycles. The second-order valence-corrected chi connectivity index (χ2v) is 4.80. The van der Waals surface area contributed by atoms with Gasteiger partial charge >= 0.3 is 5.97 Å². The van der Waals surface area contributed by atoms with Crippen molar-refractivity contribution in [3.8, 4) is 23.3 Å². The largest absolute Gasteiger partial charge is 0.497 e. The van der Waals surface area contributed by atoms with E-state index in [1.165, 1.54) is 13.2 Å². The number of rotatable bonds is 6. The van der Waals surface area contributed by atoms with Crippen LogP contribution in [0.15, 0.2) is 42.5 Å². The highest BCUT2D eigenvalue weighted by atomic mass is 16.6. The molecule has 0 amide bonds. The van der Waals surface area contributed by atoms with E-state index in [-0.39, 0.29) is 12.4 Å². The molecule has 0 fully saturated rings. The average Bonchev–Trinajstić information content (AvgIpc) is 2.60. The summed E-state index contributed by atoms with van der Waals surface area (Å²) in [6.07, 6.45) is 0.816. The molecule has 5 nitrogen and oxygen atoms in total. The van der Waals surface area contributed by atoms with E-state index < -0.39 is 0 Å². The summed E-state index contributed by atoms with van der Waals surface area (Å²) in [5.41, 5.74) is 1.47. The predicted molar refractivity (Wildman–Crippen MR) is 84.7 cm³/mol. The summed E-state index contributed by atoms with van der Waals surface area (Å²) in [4.78, 5) is 12.0. The van der Waals surface area contributed by atoms with Crippen LogP contribution in [0.4, 0.5) is 0 Å². The topological polar surface area (TPSA) is 68.5 Å². The number of hydrogen-bond acceptors (Lipinski definition) is 5. The predicted octanol–water partition coefficient (Wildman–Crippen LogP) is 3.11. The van der Waals surface area contributed by atoms with Crippen LogP contribution >= 0.6 is 0 Å². The highest BCUT2D eigenvalue weighted by Crippen LogP contribution is 2.28. The third-order valence-electron chi connectivity index (χ3n) is 3.29. The average molecular weight is 311 g/mol. The van der Waals surface area contributed by atoms with Crippen molar-refractivity contribution < 1.29 is 19.0 Å². The zero-order valence-electron chi connectivity index (χ0n) is 13.0. The van der Waals surface area contributed by atoms with E-state index in [0.29, 0.717) is 23.5 Å². The zero-order valence-corrected chi connectivity index (χ0v) is 13.0. The van der Waals surface area contributed by atoms with Crippen molar-refractivity contribution in [2.45, 2.75) is 12.8 Å². The smallest absolute Gasteiger partial charge is 0.311 e. The van der Waals surface area contributed by atoms with Gasteiger partial charge in [0.2, 0.25) is 0 Å². The van der Waals surface area contributed by atoms with Gasteiger partial charge in [0.15, 0.2) is 11.5 Å². The lowest BCUT2D eigenvalue weighted by molar-refractivity contribution is -0.134. The molecule has 0 bridgehead atoms. The number of esters is 1. The van der Waals surface area contributed by atoms with Crippen molar-refractivity contribution in [1.82, 2.24) is 0 Å². The molecule has 2 aromatic rings. The molecule has 0 N–H and O–H groups in total. The van der Waals surface area contributed by atoms with Gasteiger partial charge in [0.05, 0.1) is 25.9 Å². The molecule has 0 saturated carbocycles. The number of ether oxygens (including phenoxy) is 3. The van der Waals surface area contributed by atoms with E-state index in [1.807, 2.05) is 30.3 Å². The van der Waals surface area contributed by atoms with Crippen LogP contribution in [-0.2, 0) is 11.2 Å². The Labute approximate surface area is 135 Å². The van der Waals surface area contributed by atoms with Gasteiger partial charge in [-0.2, -0.15) is 5.26 Å². The third kappa shape index (κ3) is 4.48. The highest BCUT2D eigenvalue weighted by Gasteiger charge is 2.11. The molecule has 2 rings (SSSR count). The van der Waals surface area contributed by atoms with Gasteiger partial charge in [0.1, 0.15) is 5.75 Å². The molecule has 0 radical (unpaired) electrons. The van der Waals surface area contributed by atoms with Crippen LogP contribution in [-0.4, -0.2) is 20.2 Å². The lowest BCUT2D eigenvalue weighted by Gasteiger charge is -2.09. The molecule has 23 heavy (non-hydrogen) atoms. The first-order valence-corrected chi connectivity index (χ1v) is 7.08. The van der Waals surface area contributed by atoms with Crippen LogP contribution in [0.2, 0.25) is 0 Å². The standard InChI is InChI=1S/C18H17NO4/c1-21-15-7-3-13(4-8-15)6-10-18(20)23-16-9-5-14(12-19)11-17(16)22-2/h3-5,7-9,11H,6,10H2,1-2H3. The molecule has 118 valence electrons. The van der Waals surface area contributed by atoms with Crippen LogP contribution in [0.1, 0.15) is 17.5 Å². The second kappa shape index (κ2) is 7.85. The van der Waals surface area contributed by atoms with Gasteiger partial charge in [-0.25, -0.2) is 0 Å². The van der Waals surface area contributed by atoms with Crippen LogP contribution in [0.25, 0.3) is 0 Å². The molecule has 0 heterocycles. The third-order valence-corrected chi connectivity index (χ3v) is 3.29. The van der Waals surface area contributed by atoms with Gasteiger partial charge in [-0.15, -0.1) is 0 Å². The first-order valence-electron chi connectivity index (χ1n) is 7.08. The number of methoxy groups -OCH3 is 2. The molecule has 0 aliphatic rings. The minimum absolute atomic E-state index is 0.246. The number of carbonyl (C=O) groups excluding carboxylic acids is 1. The fraction of sp³-hybridized carbons (Fsp3) is 0.222. The Morgan fingerprint density at radius 3 is 2.39 bits per heavy atom. The van der Waals surface area contributed by atoms with Crippen molar-refractivity contribution >= 4 is 5.97 Å². The fourth-order valence-corrected chi connectivity index (χ4v) is 2.03. The molecule has 2 aromatic carbocycles. The monoisotopic (exact) mass is 311 g/mol. The summed E-state index contributed by atoms with van der Waals surface area (Å²) in [6.45, 7) is 0. The summed E-state index contributed by atoms with van der Waals surface area (Å²) in [7, 11) is 3.07. The van der Waals surface area contributed by atoms with Gasteiger partial charge in [-0.3, -0.25) is 4.79 Å². The summed E-state index contributed by atoms with van der Waals surface area (Å²) >= 11 is 0. The van der Waals surface area contributed by atoms with E-state index in [2.05, 4.69) is 0 Å². The normalized spacial score (nSPS) is 9.78. The summed E-state index contributed by atoms with van der Waals surface area (Å²) in [5.74, 6) is 1.09. The van der Waals surface area contributed by atoms with Crippen molar-refractivity contribution in [3.63, 3.8) is 0 Å². The zero-order chi connectivity index (χ0) is 16.7. The summed E-state index contributed by atoms with van der Waals surface area (Å²) in [6, 6.07) is 14.2. The maximum atomic E-state index is 12.0. The molecule has 0 spiro atoms. The maximum Gasteiger partial charge on any atom is 0.311 e. The van der Waals surface area contributed by atoms with Gasteiger partial charge in [0.25, 0.3) is 0 Å². The van der Waals surface area contributed by atoms with Crippen LogP contribution < -0.4 is 14.2 Å². The number of hydrogen-bond donors (Lipinski definition) is 0. The molecule has 5 heteroatoms. The number of aryl methyl sites for hydroxylation is 1. The number of benzene rings is 2. The van der Waals surface area contributed by atoms with Crippen molar-refractivity contribution in [3.05, 3.63) is 53.6 Å². The van der Waals surface area contributed by atoms with E-state index in [9.17, 15) is 4.79 Å². The van der Waals surface area contributed by atoms with Crippen LogP contribution in [0.5, 0.6) is 17.2 Å². The molecule has 0 unspecified atom stereocenters. The van der Waals surface area contributed by atoms with E-state index in [1.54, 1.807) is 19.2 Å². The van der Waals surface area contributed by atoms with E-state index >= 15 is 0 Å². The Morgan fingerprint density at radius 1 is 1.04 bits per heavy atom. The molecule has 0 atom stereocenters. The molecular formula is C18H17NO4. The van der Waals surface area contributed by atoms with Gasteiger partial charge in [-0.1, -0.05) is 12.1 Å². The molecular weight excluding hydrogens is 294 g/mol. The fourth-order valence-electron chi connectivity index (χ4n) is 2.03. The van der Waals surface area contributed by atoms with E-state index in [4.69, 9.17) is 19.5 Å². The maximum absolute atomic E-state index is 12.0. The number of carbonyl (C=O) groups is 1. The van der Waals surface area contributed by atoms with Crippen LogP contribution in [0, 0.1) is 11.3 Å². The lowest BCUT2D eigenvalue weighted by atomic mass is 10.1.